The van der Waals surface area contributed by atoms with Crippen LogP contribution < -0.4 is 11.1 Å². The van der Waals surface area contributed by atoms with Crippen LogP contribution in [0.4, 0.5) is 11.6 Å². The van der Waals surface area contributed by atoms with Crippen LogP contribution in [0.25, 0.3) is 16.9 Å². The van der Waals surface area contributed by atoms with Gasteiger partial charge in [0.1, 0.15) is 23.8 Å². The first kappa shape index (κ1) is 22.4. The largest absolute Gasteiger partial charge is 0.382 e. The summed E-state index contributed by atoms with van der Waals surface area (Å²) >= 11 is 6.19. The van der Waals surface area contributed by atoms with E-state index < -0.39 is 15.6 Å². The van der Waals surface area contributed by atoms with Crippen molar-refractivity contribution in [3.63, 3.8) is 0 Å². The highest BCUT2D eigenvalue weighted by Crippen LogP contribution is 2.34. The van der Waals surface area contributed by atoms with Gasteiger partial charge in [0, 0.05) is 17.4 Å². The summed E-state index contributed by atoms with van der Waals surface area (Å²) in [5, 5.41) is 28.4. The Kier molecular flexibility index (Phi) is 5.41. The number of hydrogen-bond donors (Lipinski definition) is 3. The molecule has 33 heavy (non-hydrogen) atoms. The van der Waals surface area contributed by atoms with Crippen LogP contribution >= 0.6 is 11.6 Å². The third kappa shape index (κ3) is 4.17. The van der Waals surface area contributed by atoms with Gasteiger partial charge in [-0.1, -0.05) is 23.7 Å². The van der Waals surface area contributed by atoms with Gasteiger partial charge in [-0.05, 0) is 25.1 Å². The number of imidazole rings is 1. The highest BCUT2D eigenvalue weighted by molar-refractivity contribution is 7.90. The van der Waals surface area contributed by atoms with Crippen molar-refractivity contribution in [2.24, 2.45) is 0 Å². The van der Waals surface area contributed by atoms with Crippen molar-refractivity contribution >= 4 is 38.7 Å². The number of anilines is 2. The maximum absolute atomic E-state index is 12.1. The second kappa shape index (κ2) is 7.96. The average Bonchev–Trinajstić information content (AvgIpc) is 3.12. The molecule has 13 heteroatoms. The summed E-state index contributed by atoms with van der Waals surface area (Å²) in [4.78, 5) is 12.0. The fraction of sp³-hybridized carbons (Fsp3) is 0.150. The Morgan fingerprint density at radius 1 is 1.27 bits per heavy atom. The summed E-state index contributed by atoms with van der Waals surface area (Å²) in [6.45, 7) is 1.43. The van der Waals surface area contributed by atoms with E-state index in [2.05, 4.69) is 25.4 Å². The van der Waals surface area contributed by atoms with Gasteiger partial charge in [0.2, 0.25) is 0 Å². The van der Waals surface area contributed by atoms with Crippen LogP contribution in [0, 0.1) is 11.3 Å². The lowest BCUT2D eigenvalue weighted by atomic mass is 9.98. The maximum atomic E-state index is 12.1. The van der Waals surface area contributed by atoms with E-state index in [0.29, 0.717) is 11.2 Å². The number of halogens is 1. The zero-order chi connectivity index (χ0) is 24.0. The van der Waals surface area contributed by atoms with Crippen LogP contribution in [-0.4, -0.2) is 44.3 Å². The number of aliphatic hydroxyl groups is 1. The van der Waals surface area contributed by atoms with Crippen LogP contribution in [0.15, 0.2) is 47.8 Å². The molecule has 168 valence electrons. The molecule has 1 aromatic carbocycles. The van der Waals surface area contributed by atoms with Crippen molar-refractivity contribution in [3.05, 3.63) is 59.1 Å². The van der Waals surface area contributed by atoms with Gasteiger partial charge in [0.25, 0.3) is 0 Å². The van der Waals surface area contributed by atoms with E-state index in [0.717, 1.165) is 12.6 Å². The Hall–Kier alpha value is -3.79. The van der Waals surface area contributed by atoms with Gasteiger partial charge in [-0.25, -0.2) is 27.9 Å². The smallest absolute Gasteiger partial charge is 0.175 e. The standard InChI is InChI=1S/C20H17ClN8O3S/c1-20(30,27-19-13(8-22)18(23)25-10-26-19)14-7-16-24-9-15(21)29(16)28-17(14)11-4-3-5-12(6-11)33(2,31)32/h3-7,9-10,30H,1-2H3,(H3,23,25,26,27)/t20-/m0/s1. The van der Waals surface area contributed by atoms with Gasteiger partial charge in [-0.2, -0.15) is 10.4 Å². The summed E-state index contributed by atoms with van der Waals surface area (Å²) in [6, 6.07) is 9.57. The van der Waals surface area contributed by atoms with Crippen molar-refractivity contribution in [3.8, 4) is 17.3 Å². The first-order valence-corrected chi connectivity index (χ1v) is 11.6. The highest BCUT2D eigenvalue weighted by atomic mass is 35.5. The average molecular weight is 485 g/mol. The van der Waals surface area contributed by atoms with Gasteiger partial charge >= 0.3 is 0 Å². The predicted molar refractivity (Wildman–Crippen MR) is 121 cm³/mol. The van der Waals surface area contributed by atoms with Crippen molar-refractivity contribution in [1.82, 2.24) is 24.6 Å². The van der Waals surface area contributed by atoms with E-state index in [9.17, 15) is 18.8 Å². The minimum atomic E-state index is -3.50. The third-order valence-electron chi connectivity index (χ3n) is 4.86. The van der Waals surface area contributed by atoms with E-state index in [1.54, 1.807) is 18.2 Å². The Morgan fingerprint density at radius 3 is 2.73 bits per heavy atom. The number of nitrogens with zero attached hydrogens (tertiary/aromatic N) is 6. The molecule has 11 nitrogen and oxygen atoms in total. The van der Waals surface area contributed by atoms with Gasteiger partial charge in [0.15, 0.2) is 32.2 Å². The molecule has 0 fully saturated rings. The van der Waals surface area contributed by atoms with Crippen molar-refractivity contribution < 1.29 is 13.5 Å². The van der Waals surface area contributed by atoms with Crippen LogP contribution in [0.1, 0.15) is 18.1 Å². The molecule has 0 radical (unpaired) electrons. The number of rotatable bonds is 5. The van der Waals surface area contributed by atoms with E-state index >= 15 is 0 Å². The molecule has 0 aliphatic heterocycles. The molecule has 4 aromatic rings. The summed E-state index contributed by atoms with van der Waals surface area (Å²) in [7, 11) is -3.50. The van der Waals surface area contributed by atoms with E-state index in [1.165, 1.54) is 29.8 Å². The first-order valence-electron chi connectivity index (χ1n) is 9.37. The number of benzene rings is 1. The normalized spacial score (nSPS) is 13.4. The number of aromatic nitrogens is 5. The summed E-state index contributed by atoms with van der Waals surface area (Å²) in [5.74, 6) is -0.0485. The molecule has 0 aliphatic rings. The zero-order valence-corrected chi connectivity index (χ0v) is 18.9. The number of nitrogens with one attached hydrogen (secondary N) is 1. The lowest BCUT2D eigenvalue weighted by Gasteiger charge is -2.28. The topological polar surface area (TPSA) is 172 Å². The zero-order valence-electron chi connectivity index (χ0n) is 17.4. The number of nitriles is 1. The number of nitrogen functional groups attached to an aromatic ring is 1. The summed E-state index contributed by atoms with van der Waals surface area (Å²) < 4.78 is 25.5. The van der Waals surface area contributed by atoms with Crippen LogP contribution in [0.3, 0.4) is 0 Å². The van der Waals surface area contributed by atoms with E-state index in [1.807, 2.05) is 6.07 Å². The Balaban J connectivity index is 1.94. The summed E-state index contributed by atoms with van der Waals surface area (Å²) in [6.07, 6.45) is 3.64. The first-order chi connectivity index (χ1) is 15.5. The highest BCUT2D eigenvalue weighted by Gasteiger charge is 2.31. The second-order valence-corrected chi connectivity index (χ2v) is 9.75. The van der Waals surface area contributed by atoms with Crippen molar-refractivity contribution in [1.29, 1.82) is 5.26 Å². The Morgan fingerprint density at radius 2 is 2.03 bits per heavy atom. The van der Waals surface area contributed by atoms with E-state index in [-0.39, 0.29) is 38.5 Å². The molecule has 4 rings (SSSR count). The van der Waals surface area contributed by atoms with Gasteiger partial charge < -0.3 is 16.2 Å². The number of fused-ring (bicyclic) bond motifs is 1. The summed E-state index contributed by atoms with van der Waals surface area (Å²) in [5.41, 5.74) is 5.05. The fourth-order valence-corrected chi connectivity index (χ4v) is 4.09. The van der Waals surface area contributed by atoms with Gasteiger partial charge in [0.05, 0.1) is 16.8 Å². The quantitative estimate of drug-likeness (QED) is 0.355. The number of hydrogen-bond acceptors (Lipinski definition) is 10. The molecule has 0 unspecified atom stereocenters. The predicted octanol–water partition coefficient (Wildman–Crippen LogP) is 1.97. The lowest BCUT2D eigenvalue weighted by Crippen LogP contribution is -2.33. The van der Waals surface area contributed by atoms with Gasteiger partial charge in [-0.3, -0.25) is 0 Å². The number of nitrogens with two attached hydrogens (primary N) is 1. The lowest BCUT2D eigenvalue weighted by molar-refractivity contribution is 0.0885. The number of sulfone groups is 1. The molecule has 0 spiro atoms. The van der Waals surface area contributed by atoms with Gasteiger partial charge in [-0.15, -0.1) is 0 Å². The molecule has 0 saturated carbocycles. The second-order valence-electron chi connectivity index (χ2n) is 7.35. The molecule has 0 aliphatic carbocycles. The molecule has 0 amide bonds. The monoisotopic (exact) mass is 484 g/mol. The molecular formula is C20H17ClN8O3S. The Bertz CT molecular complexity index is 1540. The van der Waals surface area contributed by atoms with Crippen molar-refractivity contribution in [2.75, 3.05) is 17.3 Å². The van der Waals surface area contributed by atoms with Crippen LogP contribution in [0.5, 0.6) is 0 Å². The Labute approximate surface area is 193 Å². The molecular weight excluding hydrogens is 468 g/mol. The SMILES string of the molecule is C[C@@](O)(Nc1ncnc(N)c1C#N)c1cc2ncc(Cl)n2nc1-c1cccc(S(C)(=O)=O)c1. The minimum absolute atomic E-state index is 0.00656. The van der Waals surface area contributed by atoms with E-state index in [4.69, 9.17) is 17.3 Å². The van der Waals surface area contributed by atoms with Crippen LogP contribution in [0.2, 0.25) is 5.15 Å². The molecule has 0 saturated heterocycles. The molecule has 3 heterocycles. The molecule has 1 atom stereocenters. The van der Waals surface area contributed by atoms with Crippen molar-refractivity contribution in [2.45, 2.75) is 17.5 Å². The fourth-order valence-electron chi connectivity index (χ4n) is 3.25. The third-order valence-corrected chi connectivity index (χ3v) is 6.23. The molecule has 3 aromatic heterocycles. The minimum Gasteiger partial charge on any atom is -0.382 e. The van der Waals surface area contributed by atoms with Crippen LogP contribution in [-0.2, 0) is 15.6 Å². The molecule has 0 bridgehead atoms. The molecule has 4 N–H and O–H groups in total. The maximum Gasteiger partial charge on any atom is 0.175 e.